The van der Waals surface area contributed by atoms with Gasteiger partial charge in [-0.15, -0.1) is 0 Å². The highest BCUT2D eigenvalue weighted by Gasteiger charge is 2.49. The first-order valence-corrected chi connectivity index (χ1v) is 13.9. The number of unbranched alkanes of at least 4 members (excludes halogenated alkanes) is 1. The molecular weight excluding hydrogens is 443 g/mol. The number of halogens is 1. The van der Waals surface area contributed by atoms with Crippen LogP contribution in [-0.2, 0) is 9.68 Å². The summed E-state index contributed by atoms with van der Waals surface area (Å²) in [7, 11) is 4.25. The number of allylic oxidation sites excluding steroid dienone is 1. The minimum absolute atomic E-state index is 0.563. The van der Waals surface area contributed by atoms with Crippen molar-refractivity contribution in [2.24, 2.45) is 35.0 Å². The van der Waals surface area contributed by atoms with E-state index in [1.165, 1.54) is 64.4 Å². The molecule has 2 fully saturated rings. The van der Waals surface area contributed by atoms with E-state index in [1.807, 2.05) is 27.7 Å². The number of hydrogen-bond acceptors (Lipinski definition) is 4. The van der Waals surface area contributed by atoms with Crippen molar-refractivity contribution in [1.29, 1.82) is 0 Å². The Balaban J connectivity index is -0.000000268. The molecule has 2 aliphatic carbocycles. The first-order valence-electron chi connectivity index (χ1n) is 13.9. The maximum atomic E-state index is 10.8. The van der Waals surface area contributed by atoms with Crippen LogP contribution in [-0.4, -0.2) is 37.3 Å². The number of ether oxygens (including phenoxy) is 1. The minimum atomic E-state index is -1.62. The summed E-state index contributed by atoms with van der Waals surface area (Å²) in [5.74, 6) is 2.89. The molecule has 0 aromatic heterocycles. The predicted molar refractivity (Wildman–Crippen MR) is 152 cm³/mol. The monoisotopic (exact) mass is 508 g/mol. The molecule has 0 radical (unpaired) electrons. The summed E-state index contributed by atoms with van der Waals surface area (Å²) in [5, 5.41) is 15.2. The molecule has 0 aliphatic heterocycles. The lowest BCUT2D eigenvalue weighted by Gasteiger charge is -2.55. The first-order chi connectivity index (χ1) is 16.4. The van der Waals surface area contributed by atoms with Gasteiger partial charge >= 0.3 is 0 Å². The third kappa shape index (κ3) is 17.6. The van der Waals surface area contributed by atoms with Gasteiger partial charge in [0.05, 0.1) is 0 Å². The largest absolute Gasteiger partial charge is 0.400 e. The van der Waals surface area contributed by atoms with Gasteiger partial charge in [0.25, 0.3) is 0 Å². The smallest absolute Gasteiger partial charge is 0.198 e. The van der Waals surface area contributed by atoms with E-state index in [0.29, 0.717) is 5.41 Å². The van der Waals surface area contributed by atoms with Crippen molar-refractivity contribution in [1.82, 2.24) is 0 Å². The summed E-state index contributed by atoms with van der Waals surface area (Å²) in [4.78, 5) is 2.99. The first kappa shape index (κ1) is 41.6. The fraction of sp³-hybridized carbons (Fsp3) is 0.933. The standard InChI is InChI=1S/C20H36.C3H7FO2.C2H6O.2C2H6.CH4O/c1-7-8-9-18-17(14(2)3)10-11-20(6)13-16(5)15(4)12-19(18)20;1-3(2,5)6-4;1-3-2;3*1-2/h14-15,17-19H,5,7-13H2,1-4,6H3;5H,1-2H3;1-2H3;2*1-2H3;2H,1H3. The summed E-state index contributed by atoms with van der Waals surface area (Å²) < 4.78 is 15.0. The highest BCUT2D eigenvalue weighted by Crippen LogP contribution is 2.58. The molecule has 5 atom stereocenters. The highest BCUT2D eigenvalue weighted by molar-refractivity contribution is 5.12. The van der Waals surface area contributed by atoms with Gasteiger partial charge in [-0.1, -0.05) is 87.3 Å². The van der Waals surface area contributed by atoms with Crippen LogP contribution in [0.4, 0.5) is 4.53 Å². The van der Waals surface area contributed by atoms with Crippen LogP contribution in [0.5, 0.6) is 0 Å². The van der Waals surface area contributed by atoms with Crippen LogP contribution in [0.3, 0.4) is 0 Å². The summed E-state index contributed by atoms with van der Waals surface area (Å²) >= 11 is 0. The number of rotatable bonds is 5. The Kier molecular flexibility index (Phi) is 28.4. The second kappa shape index (κ2) is 23.9. The molecule has 0 amide bonds. The molecule has 0 aromatic rings. The minimum Gasteiger partial charge on any atom is -0.400 e. The van der Waals surface area contributed by atoms with Gasteiger partial charge in [0, 0.05) is 21.3 Å². The maximum Gasteiger partial charge on any atom is 0.198 e. The summed E-state index contributed by atoms with van der Waals surface area (Å²) in [5.41, 5.74) is 2.09. The number of aliphatic hydroxyl groups excluding tert-OH is 1. The molecule has 5 unspecified atom stereocenters. The van der Waals surface area contributed by atoms with Gasteiger partial charge in [0.1, 0.15) is 0 Å². The lowest BCUT2D eigenvalue weighted by Crippen LogP contribution is -2.46. The van der Waals surface area contributed by atoms with Gasteiger partial charge in [-0.2, -0.15) is 4.94 Å². The Hall–Kier alpha value is -0.490. The molecule has 2 rings (SSSR count). The third-order valence-electron chi connectivity index (χ3n) is 6.88. The lowest BCUT2D eigenvalue weighted by atomic mass is 9.50. The van der Waals surface area contributed by atoms with Crippen molar-refractivity contribution in [2.75, 3.05) is 21.3 Å². The number of methoxy groups -OCH3 is 1. The van der Waals surface area contributed by atoms with Crippen molar-refractivity contribution < 1.29 is 24.4 Å². The Morgan fingerprint density at radius 1 is 1.14 bits per heavy atom. The average molecular weight is 509 g/mol. The lowest BCUT2D eigenvalue weighted by molar-refractivity contribution is -0.309. The van der Waals surface area contributed by atoms with Crippen LogP contribution < -0.4 is 0 Å². The molecule has 0 aromatic carbocycles. The van der Waals surface area contributed by atoms with Gasteiger partial charge in [0.2, 0.25) is 0 Å². The van der Waals surface area contributed by atoms with E-state index >= 15 is 0 Å². The van der Waals surface area contributed by atoms with Crippen molar-refractivity contribution in [2.45, 2.75) is 127 Å². The molecule has 5 heteroatoms. The highest BCUT2D eigenvalue weighted by atomic mass is 19.3. The van der Waals surface area contributed by atoms with E-state index in [-0.39, 0.29) is 0 Å². The quantitative estimate of drug-likeness (QED) is 0.287. The second-order valence-corrected chi connectivity index (χ2v) is 10.4. The van der Waals surface area contributed by atoms with Crippen molar-refractivity contribution in [3.05, 3.63) is 12.2 Å². The van der Waals surface area contributed by atoms with Crippen molar-refractivity contribution >= 4 is 0 Å². The van der Waals surface area contributed by atoms with Crippen LogP contribution in [0.25, 0.3) is 0 Å². The molecule has 0 spiro atoms. The second-order valence-electron chi connectivity index (χ2n) is 10.4. The zero-order valence-corrected chi connectivity index (χ0v) is 26.1. The molecule has 2 saturated carbocycles. The average Bonchev–Trinajstić information content (AvgIpc) is 2.83. The summed E-state index contributed by atoms with van der Waals surface area (Å²) in [6.45, 7) is 27.0. The summed E-state index contributed by atoms with van der Waals surface area (Å²) in [6.07, 6.45) is 9.86. The molecular formula is C30H65FO4. The fourth-order valence-electron chi connectivity index (χ4n) is 5.31. The van der Waals surface area contributed by atoms with Crippen LogP contribution in [0.1, 0.15) is 121 Å². The van der Waals surface area contributed by atoms with Gasteiger partial charge in [0.15, 0.2) is 5.79 Å². The molecule has 2 aliphatic rings. The van der Waals surface area contributed by atoms with E-state index < -0.39 is 5.79 Å². The van der Waals surface area contributed by atoms with Gasteiger partial charge in [-0.05, 0) is 85.5 Å². The Labute approximate surface area is 220 Å². The van der Waals surface area contributed by atoms with E-state index in [9.17, 15) is 4.53 Å². The van der Waals surface area contributed by atoms with Gasteiger partial charge in [-0.25, -0.2) is 0 Å². The van der Waals surface area contributed by atoms with Crippen molar-refractivity contribution in [3.8, 4) is 0 Å². The van der Waals surface area contributed by atoms with Crippen LogP contribution >= 0.6 is 0 Å². The predicted octanol–water partition coefficient (Wildman–Crippen LogP) is 9.01. The summed E-state index contributed by atoms with van der Waals surface area (Å²) in [6, 6.07) is 0. The Morgan fingerprint density at radius 3 is 1.91 bits per heavy atom. The van der Waals surface area contributed by atoms with E-state index in [2.05, 4.69) is 50.9 Å². The number of hydrogen-bond donors (Lipinski definition) is 2. The normalized spacial score (nSPS) is 27.0. The number of fused-ring (bicyclic) bond motifs is 1. The Bertz CT molecular complexity index is 462. The number of aliphatic hydroxyl groups is 2. The van der Waals surface area contributed by atoms with Gasteiger partial charge in [-0.3, -0.25) is 0 Å². The van der Waals surface area contributed by atoms with E-state index in [1.54, 1.807) is 14.2 Å². The van der Waals surface area contributed by atoms with E-state index in [4.69, 9.17) is 10.2 Å². The zero-order chi connectivity index (χ0) is 28.8. The van der Waals surface area contributed by atoms with Crippen LogP contribution in [0.15, 0.2) is 12.2 Å². The van der Waals surface area contributed by atoms with Gasteiger partial charge < -0.3 is 14.9 Å². The molecule has 0 saturated heterocycles. The SMILES string of the molecule is C=C1CC2(C)CCC(C(C)C)C(CCCC)C2CC1C.CC.CC.CC(C)(O)OF.CO.COC. The van der Waals surface area contributed by atoms with Crippen LogP contribution in [0, 0.1) is 35.0 Å². The van der Waals surface area contributed by atoms with Crippen LogP contribution in [0.2, 0.25) is 0 Å². The third-order valence-corrected chi connectivity index (χ3v) is 6.88. The van der Waals surface area contributed by atoms with Crippen molar-refractivity contribution in [3.63, 3.8) is 0 Å². The molecule has 0 heterocycles. The fourth-order valence-corrected chi connectivity index (χ4v) is 5.31. The molecule has 216 valence electrons. The zero-order valence-electron chi connectivity index (χ0n) is 26.1. The Morgan fingerprint density at radius 2 is 1.57 bits per heavy atom. The van der Waals surface area contributed by atoms with E-state index in [0.717, 1.165) is 36.7 Å². The topological polar surface area (TPSA) is 58.9 Å². The molecule has 2 N–H and O–H groups in total. The molecule has 4 nitrogen and oxygen atoms in total. The molecule has 0 bridgehead atoms. The molecule has 35 heavy (non-hydrogen) atoms. The maximum absolute atomic E-state index is 10.8.